The van der Waals surface area contributed by atoms with Gasteiger partial charge in [-0.3, -0.25) is 14.5 Å². The number of hydrogen-bond acceptors (Lipinski definition) is 4. The Balaban J connectivity index is 1.44. The van der Waals surface area contributed by atoms with E-state index >= 15 is 0 Å². The number of nitrogens with two attached hydrogens (primary N) is 1. The normalized spacial score (nSPS) is 32.0. The predicted molar refractivity (Wildman–Crippen MR) is 110 cm³/mol. The van der Waals surface area contributed by atoms with Gasteiger partial charge in [0.25, 0.3) is 5.91 Å². The van der Waals surface area contributed by atoms with Gasteiger partial charge in [-0.05, 0) is 56.8 Å². The average Bonchev–Trinajstić information content (AvgIpc) is 3.53. The molecule has 2 atom stereocenters. The van der Waals surface area contributed by atoms with Gasteiger partial charge < -0.3 is 10.6 Å². The van der Waals surface area contributed by atoms with Gasteiger partial charge in [-0.1, -0.05) is 32.1 Å². The highest BCUT2D eigenvalue weighted by Gasteiger charge is 2.48. The lowest BCUT2D eigenvalue weighted by Gasteiger charge is -2.37. The summed E-state index contributed by atoms with van der Waals surface area (Å²) in [6, 6.07) is 0. The van der Waals surface area contributed by atoms with Gasteiger partial charge >= 0.3 is 0 Å². The molecule has 2 aliphatic carbocycles. The molecule has 4 rings (SSSR count). The second-order valence-corrected chi connectivity index (χ2v) is 9.68. The number of piperidine rings is 1. The molecule has 1 saturated heterocycles. The van der Waals surface area contributed by atoms with E-state index in [-0.39, 0.29) is 11.8 Å². The quantitative estimate of drug-likeness (QED) is 0.760. The molecule has 0 spiro atoms. The molecule has 0 unspecified atom stereocenters. The summed E-state index contributed by atoms with van der Waals surface area (Å²) in [5, 5.41) is 0. The van der Waals surface area contributed by atoms with E-state index in [9.17, 15) is 9.59 Å². The molecule has 6 nitrogen and oxygen atoms in total. The lowest BCUT2D eigenvalue weighted by molar-refractivity contribution is -0.135. The van der Waals surface area contributed by atoms with Crippen LogP contribution in [0.3, 0.4) is 0 Å². The van der Waals surface area contributed by atoms with Crippen molar-refractivity contribution in [3.63, 3.8) is 0 Å². The van der Waals surface area contributed by atoms with Crippen molar-refractivity contribution >= 4 is 17.8 Å². The SMILES string of the molecule is CN1C(=O)[C@](CCC2CCCCC2)(C[C@@H]2CCCN(C(=O)C3CC3)C2)N=C1N. The van der Waals surface area contributed by atoms with Crippen molar-refractivity contribution in [1.29, 1.82) is 0 Å². The zero-order valence-corrected chi connectivity index (χ0v) is 17.4. The second-order valence-electron chi connectivity index (χ2n) is 9.68. The number of likely N-dealkylation sites (N-methyl/N-ethyl adjacent to an activating group) is 1. The van der Waals surface area contributed by atoms with Gasteiger partial charge in [-0.2, -0.15) is 0 Å². The Labute approximate surface area is 168 Å². The molecule has 156 valence electrons. The van der Waals surface area contributed by atoms with Crippen LogP contribution in [0.1, 0.15) is 77.0 Å². The predicted octanol–water partition coefficient (Wildman–Crippen LogP) is 2.91. The highest BCUT2D eigenvalue weighted by Crippen LogP contribution is 2.39. The third-order valence-electron chi connectivity index (χ3n) is 7.45. The van der Waals surface area contributed by atoms with E-state index < -0.39 is 5.54 Å². The summed E-state index contributed by atoms with van der Waals surface area (Å²) in [7, 11) is 1.74. The molecule has 28 heavy (non-hydrogen) atoms. The lowest BCUT2D eigenvalue weighted by atomic mass is 9.77. The van der Waals surface area contributed by atoms with Crippen LogP contribution in [0.5, 0.6) is 0 Å². The molecular formula is C22H36N4O2. The Morgan fingerprint density at radius 3 is 2.46 bits per heavy atom. The number of amides is 2. The first-order valence-electron chi connectivity index (χ1n) is 11.4. The van der Waals surface area contributed by atoms with Crippen LogP contribution in [-0.2, 0) is 9.59 Å². The summed E-state index contributed by atoms with van der Waals surface area (Å²) in [6.45, 7) is 1.66. The van der Waals surface area contributed by atoms with Crippen LogP contribution in [0.15, 0.2) is 4.99 Å². The Bertz CT molecular complexity index is 638. The maximum atomic E-state index is 13.2. The van der Waals surface area contributed by atoms with E-state index in [0.29, 0.717) is 17.8 Å². The van der Waals surface area contributed by atoms with Gasteiger partial charge in [0.15, 0.2) is 5.96 Å². The Hall–Kier alpha value is -1.59. The monoisotopic (exact) mass is 388 g/mol. The van der Waals surface area contributed by atoms with Crippen molar-refractivity contribution in [2.45, 2.75) is 82.6 Å². The van der Waals surface area contributed by atoms with Gasteiger partial charge in [-0.15, -0.1) is 0 Å². The highest BCUT2D eigenvalue weighted by atomic mass is 16.2. The number of carbonyl (C=O) groups is 2. The van der Waals surface area contributed by atoms with Crippen LogP contribution < -0.4 is 5.73 Å². The van der Waals surface area contributed by atoms with Gasteiger partial charge in [0, 0.05) is 26.1 Å². The van der Waals surface area contributed by atoms with Crippen molar-refractivity contribution in [3.8, 4) is 0 Å². The van der Waals surface area contributed by atoms with Crippen LogP contribution in [-0.4, -0.2) is 53.2 Å². The molecule has 6 heteroatoms. The fraction of sp³-hybridized carbons (Fsp3) is 0.864. The molecule has 2 saturated carbocycles. The largest absolute Gasteiger partial charge is 0.369 e. The fourth-order valence-corrected chi connectivity index (χ4v) is 5.57. The van der Waals surface area contributed by atoms with Gasteiger partial charge in [0.1, 0.15) is 5.54 Å². The fourth-order valence-electron chi connectivity index (χ4n) is 5.57. The van der Waals surface area contributed by atoms with E-state index in [1.165, 1.54) is 37.0 Å². The highest BCUT2D eigenvalue weighted by molar-refractivity contribution is 6.06. The van der Waals surface area contributed by atoms with E-state index in [1.54, 1.807) is 7.05 Å². The molecule has 4 aliphatic rings. The van der Waals surface area contributed by atoms with E-state index in [2.05, 4.69) is 4.90 Å². The van der Waals surface area contributed by atoms with Crippen molar-refractivity contribution in [2.75, 3.05) is 20.1 Å². The van der Waals surface area contributed by atoms with Crippen molar-refractivity contribution < 1.29 is 9.59 Å². The van der Waals surface area contributed by atoms with Crippen molar-refractivity contribution in [3.05, 3.63) is 0 Å². The summed E-state index contributed by atoms with van der Waals surface area (Å²) < 4.78 is 0. The average molecular weight is 389 g/mol. The molecular weight excluding hydrogens is 352 g/mol. The van der Waals surface area contributed by atoms with E-state index in [4.69, 9.17) is 10.7 Å². The van der Waals surface area contributed by atoms with Crippen LogP contribution >= 0.6 is 0 Å². The van der Waals surface area contributed by atoms with Crippen LogP contribution in [0.2, 0.25) is 0 Å². The van der Waals surface area contributed by atoms with Crippen LogP contribution in [0, 0.1) is 17.8 Å². The van der Waals surface area contributed by atoms with Crippen molar-refractivity contribution in [2.24, 2.45) is 28.5 Å². The minimum atomic E-state index is -0.702. The number of likely N-dealkylation sites (tertiary alicyclic amines) is 1. The van der Waals surface area contributed by atoms with E-state index in [1.807, 2.05) is 0 Å². The maximum absolute atomic E-state index is 13.2. The summed E-state index contributed by atoms with van der Waals surface area (Å²) in [4.78, 5) is 34.0. The molecule has 0 bridgehead atoms. The molecule has 0 aromatic carbocycles. The first-order chi connectivity index (χ1) is 13.5. The molecule has 0 aromatic rings. The van der Waals surface area contributed by atoms with E-state index in [0.717, 1.165) is 64.0 Å². The molecule has 2 heterocycles. The lowest BCUT2D eigenvalue weighted by Crippen LogP contribution is -2.47. The number of hydrogen-bond donors (Lipinski definition) is 1. The summed E-state index contributed by atoms with van der Waals surface area (Å²) in [6.07, 6.45) is 13.4. The minimum absolute atomic E-state index is 0.0615. The van der Waals surface area contributed by atoms with Gasteiger partial charge in [0.05, 0.1) is 0 Å². The topological polar surface area (TPSA) is 79.0 Å². The van der Waals surface area contributed by atoms with Crippen LogP contribution in [0.25, 0.3) is 0 Å². The number of aliphatic imine (C=N–C) groups is 1. The molecule has 0 radical (unpaired) electrons. The third-order valence-corrected chi connectivity index (χ3v) is 7.45. The number of rotatable bonds is 6. The Kier molecular flexibility index (Phi) is 5.66. The zero-order valence-electron chi connectivity index (χ0n) is 17.4. The van der Waals surface area contributed by atoms with Crippen molar-refractivity contribution in [1.82, 2.24) is 9.80 Å². The number of nitrogens with zero attached hydrogens (tertiary/aromatic N) is 3. The maximum Gasteiger partial charge on any atom is 0.257 e. The zero-order chi connectivity index (χ0) is 19.7. The third kappa shape index (κ3) is 4.06. The van der Waals surface area contributed by atoms with Crippen LogP contribution in [0.4, 0.5) is 0 Å². The smallest absolute Gasteiger partial charge is 0.257 e. The number of carbonyl (C=O) groups excluding carboxylic acids is 2. The summed E-state index contributed by atoms with van der Waals surface area (Å²) >= 11 is 0. The summed E-state index contributed by atoms with van der Waals surface area (Å²) in [5.41, 5.74) is 5.37. The first-order valence-corrected chi connectivity index (χ1v) is 11.4. The summed E-state index contributed by atoms with van der Waals surface area (Å²) in [5.74, 6) is 2.09. The second kappa shape index (κ2) is 8.03. The molecule has 2 amide bonds. The molecule has 0 aromatic heterocycles. The Morgan fingerprint density at radius 1 is 1.11 bits per heavy atom. The Morgan fingerprint density at radius 2 is 1.82 bits per heavy atom. The number of guanidine groups is 1. The van der Waals surface area contributed by atoms with Gasteiger partial charge in [-0.25, -0.2) is 4.99 Å². The standard InChI is InChI=1S/C22H36N4O2/c1-25-20(28)22(24-21(25)23,12-11-16-6-3-2-4-7-16)14-17-8-5-13-26(15-17)19(27)18-9-10-18/h16-18H,2-15H2,1H3,(H2,23,24)/t17-,22-/m0/s1. The molecule has 2 N–H and O–H groups in total. The minimum Gasteiger partial charge on any atom is -0.369 e. The van der Waals surface area contributed by atoms with Gasteiger partial charge in [0.2, 0.25) is 5.91 Å². The first kappa shape index (κ1) is 19.7. The molecule has 2 aliphatic heterocycles. The molecule has 3 fully saturated rings.